The number of hydrogen-bond acceptors (Lipinski definition) is 5. The van der Waals surface area contributed by atoms with Crippen LogP contribution >= 0.6 is 0 Å². The van der Waals surface area contributed by atoms with Gasteiger partial charge in [-0.1, -0.05) is 44.9 Å². The third kappa shape index (κ3) is 5.70. The Morgan fingerprint density at radius 2 is 1.71 bits per heavy atom. The Balaban J connectivity index is 1.59. The number of aromatic nitrogens is 1. The van der Waals surface area contributed by atoms with Gasteiger partial charge in [-0.15, -0.1) is 0 Å². The van der Waals surface area contributed by atoms with Gasteiger partial charge in [0.05, 0.1) is 18.0 Å². The van der Waals surface area contributed by atoms with Gasteiger partial charge in [-0.2, -0.15) is 0 Å². The van der Waals surface area contributed by atoms with E-state index in [1.54, 1.807) is 0 Å². The molecule has 0 unspecified atom stereocenters. The van der Waals surface area contributed by atoms with E-state index in [1.807, 2.05) is 4.57 Å². The van der Waals surface area contributed by atoms with Crippen LogP contribution in [0.1, 0.15) is 99.9 Å². The predicted octanol–water partition coefficient (Wildman–Crippen LogP) is 5.88. The van der Waals surface area contributed by atoms with Crippen molar-refractivity contribution in [1.29, 1.82) is 0 Å². The lowest BCUT2D eigenvalue weighted by Crippen LogP contribution is -2.46. The standard InChI is InChI=1S/C30H42FN3O4/c1-38-29-26-22(28(35)23(30(36)37)18-34(26)21-13-14-21)17-24(31)27(29)33-16-10-6-9-15-32-25(19-33)20-11-7-4-2-3-5-8-12-20/h17-18,20-21,25,32H,2-16,19H2,1H3,(H,36,37)/t25-/m1/s1. The van der Waals surface area contributed by atoms with Crippen molar-refractivity contribution in [2.24, 2.45) is 5.92 Å². The molecule has 3 aliphatic rings. The van der Waals surface area contributed by atoms with Crippen molar-refractivity contribution in [3.05, 3.63) is 33.9 Å². The van der Waals surface area contributed by atoms with Gasteiger partial charge in [0, 0.05) is 31.4 Å². The Kier molecular flexibility index (Phi) is 8.56. The van der Waals surface area contributed by atoms with Crippen LogP contribution in [0, 0.1) is 11.7 Å². The van der Waals surface area contributed by atoms with Gasteiger partial charge in [0.15, 0.2) is 11.6 Å². The maximum absolute atomic E-state index is 16.1. The second kappa shape index (κ2) is 12.1. The summed E-state index contributed by atoms with van der Waals surface area (Å²) in [7, 11) is 1.52. The van der Waals surface area contributed by atoms with Crippen LogP contribution in [0.4, 0.5) is 10.1 Å². The molecule has 7 nitrogen and oxygen atoms in total. The molecule has 208 valence electrons. The Morgan fingerprint density at radius 3 is 2.37 bits per heavy atom. The van der Waals surface area contributed by atoms with E-state index in [4.69, 9.17) is 4.74 Å². The van der Waals surface area contributed by atoms with Gasteiger partial charge in [-0.05, 0) is 57.1 Å². The van der Waals surface area contributed by atoms with Crippen LogP contribution < -0.4 is 20.4 Å². The van der Waals surface area contributed by atoms with Crippen LogP contribution in [0.5, 0.6) is 5.75 Å². The number of ether oxygens (including phenoxy) is 1. The molecule has 1 saturated heterocycles. The summed E-state index contributed by atoms with van der Waals surface area (Å²) in [6.45, 7) is 2.38. The number of benzene rings is 1. The minimum absolute atomic E-state index is 0.0742. The number of methoxy groups -OCH3 is 1. The number of hydrogen-bond donors (Lipinski definition) is 2. The van der Waals surface area contributed by atoms with Crippen LogP contribution in [-0.4, -0.2) is 48.4 Å². The van der Waals surface area contributed by atoms with E-state index in [9.17, 15) is 14.7 Å². The highest BCUT2D eigenvalue weighted by Gasteiger charge is 2.33. The van der Waals surface area contributed by atoms with Crippen molar-refractivity contribution in [2.45, 2.75) is 95.6 Å². The van der Waals surface area contributed by atoms with E-state index in [0.29, 0.717) is 36.0 Å². The number of fused-ring (bicyclic) bond motifs is 1. The minimum atomic E-state index is -1.29. The largest absolute Gasteiger partial charge is 0.492 e. The van der Waals surface area contributed by atoms with Crippen molar-refractivity contribution in [3.63, 3.8) is 0 Å². The molecule has 5 rings (SSSR count). The summed E-state index contributed by atoms with van der Waals surface area (Å²) in [4.78, 5) is 27.1. The summed E-state index contributed by atoms with van der Waals surface area (Å²) in [5.41, 5.74) is -0.0876. The van der Waals surface area contributed by atoms with Crippen LogP contribution in [0.2, 0.25) is 0 Å². The van der Waals surface area contributed by atoms with Crippen molar-refractivity contribution >= 4 is 22.6 Å². The highest BCUT2D eigenvalue weighted by atomic mass is 19.1. The second-order valence-corrected chi connectivity index (χ2v) is 11.5. The topological polar surface area (TPSA) is 83.8 Å². The van der Waals surface area contributed by atoms with Crippen LogP contribution in [-0.2, 0) is 0 Å². The van der Waals surface area contributed by atoms with Gasteiger partial charge in [0.25, 0.3) is 0 Å². The molecule has 8 heteroatoms. The maximum Gasteiger partial charge on any atom is 0.341 e. The fourth-order valence-corrected chi connectivity index (χ4v) is 6.60. The minimum Gasteiger partial charge on any atom is -0.492 e. The van der Waals surface area contributed by atoms with Crippen molar-refractivity contribution in [1.82, 2.24) is 9.88 Å². The normalized spacial score (nSPS) is 22.6. The molecule has 0 spiro atoms. The molecule has 1 aromatic heterocycles. The van der Waals surface area contributed by atoms with Crippen molar-refractivity contribution in [3.8, 4) is 5.75 Å². The molecule has 2 aromatic rings. The second-order valence-electron chi connectivity index (χ2n) is 11.5. The highest BCUT2D eigenvalue weighted by Crippen LogP contribution is 2.44. The first-order chi connectivity index (χ1) is 18.5. The lowest BCUT2D eigenvalue weighted by atomic mass is 9.89. The number of halogens is 1. The van der Waals surface area contributed by atoms with E-state index in [-0.39, 0.29) is 23.0 Å². The molecule has 2 aliphatic carbocycles. The molecule has 1 aromatic carbocycles. The number of nitrogens with one attached hydrogen (secondary N) is 1. The van der Waals surface area contributed by atoms with Crippen molar-refractivity contribution < 1.29 is 19.0 Å². The van der Waals surface area contributed by atoms with E-state index in [0.717, 1.165) is 38.6 Å². The smallest absolute Gasteiger partial charge is 0.341 e. The SMILES string of the molecule is COc1c(N2CCCCCN[C@@H](C3CCCCCCCC3)C2)c(F)cc2c(=O)c(C(=O)O)cn(C3CC3)c12. The highest BCUT2D eigenvalue weighted by molar-refractivity contribution is 5.97. The number of carbonyl (C=O) groups is 1. The molecule has 1 atom stereocenters. The first-order valence-corrected chi connectivity index (χ1v) is 14.7. The zero-order valence-electron chi connectivity index (χ0n) is 22.6. The van der Waals surface area contributed by atoms with Gasteiger partial charge < -0.3 is 24.6 Å². The molecule has 2 heterocycles. The number of anilines is 1. The predicted molar refractivity (Wildman–Crippen MR) is 148 cm³/mol. The van der Waals surface area contributed by atoms with E-state index < -0.39 is 17.2 Å². The van der Waals surface area contributed by atoms with E-state index >= 15 is 4.39 Å². The Labute approximate surface area is 224 Å². The summed E-state index contributed by atoms with van der Waals surface area (Å²) >= 11 is 0. The average Bonchev–Trinajstić information content (AvgIpc) is 3.70. The number of nitrogens with zero attached hydrogens (tertiary/aromatic N) is 2. The number of carboxylic acid groups (broad SMARTS) is 1. The first-order valence-electron chi connectivity index (χ1n) is 14.7. The fraction of sp³-hybridized carbons (Fsp3) is 0.667. The van der Waals surface area contributed by atoms with Crippen LogP contribution in [0.25, 0.3) is 10.9 Å². The van der Waals surface area contributed by atoms with E-state index in [2.05, 4.69) is 10.2 Å². The van der Waals surface area contributed by atoms with Crippen LogP contribution in [0.15, 0.2) is 17.1 Å². The molecule has 38 heavy (non-hydrogen) atoms. The van der Waals surface area contributed by atoms with E-state index in [1.165, 1.54) is 70.7 Å². The average molecular weight is 528 g/mol. The number of carboxylic acids is 1. The molecule has 2 N–H and O–H groups in total. The van der Waals surface area contributed by atoms with Gasteiger partial charge >= 0.3 is 5.97 Å². The molecule has 3 fully saturated rings. The first kappa shape index (κ1) is 27.0. The van der Waals surface area contributed by atoms with Gasteiger partial charge in [-0.3, -0.25) is 4.79 Å². The summed E-state index contributed by atoms with van der Waals surface area (Å²) in [6, 6.07) is 1.59. The fourth-order valence-electron chi connectivity index (χ4n) is 6.60. The zero-order chi connectivity index (χ0) is 26.6. The maximum atomic E-state index is 16.1. The molecule has 1 aliphatic heterocycles. The Hall–Kier alpha value is -2.61. The zero-order valence-corrected chi connectivity index (χ0v) is 22.6. The monoisotopic (exact) mass is 527 g/mol. The molecule has 0 radical (unpaired) electrons. The summed E-state index contributed by atoms with van der Waals surface area (Å²) < 4.78 is 23.8. The number of aromatic carboxylic acids is 1. The molecular weight excluding hydrogens is 485 g/mol. The third-order valence-corrected chi connectivity index (χ3v) is 8.79. The van der Waals surface area contributed by atoms with Gasteiger partial charge in [0.2, 0.25) is 5.43 Å². The van der Waals surface area contributed by atoms with Gasteiger partial charge in [0.1, 0.15) is 11.3 Å². The molecule has 2 saturated carbocycles. The Bertz CT molecular complexity index is 1200. The third-order valence-electron chi connectivity index (χ3n) is 8.79. The summed E-state index contributed by atoms with van der Waals surface area (Å²) in [5, 5.41) is 13.6. The van der Waals surface area contributed by atoms with Gasteiger partial charge in [-0.25, -0.2) is 9.18 Å². The number of rotatable bonds is 5. The van der Waals surface area contributed by atoms with Crippen molar-refractivity contribution in [2.75, 3.05) is 31.6 Å². The lowest BCUT2D eigenvalue weighted by molar-refractivity contribution is 0.0694. The summed E-state index contributed by atoms with van der Waals surface area (Å²) in [5.74, 6) is -0.929. The Morgan fingerprint density at radius 1 is 1.03 bits per heavy atom. The molecule has 0 bridgehead atoms. The lowest BCUT2D eigenvalue weighted by Gasteiger charge is -2.35. The molecule has 0 amide bonds. The molecular formula is C30H42FN3O4. The van der Waals surface area contributed by atoms with Crippen LogP contribution in [0.3, 0.4) is 0 Å². The summed E-state index contributed by atoms with van der Waals surface area (Å²) in [6.07, 6.45) is 16.4. The number of pyridine rings is 1. The quantitative estimate of drug-likeness (QED) is 0.505.